The fourth-order valence-corrected chi connectivity index (χ4v) is 4.00. The van der Waals surface area contributed by atoms with Crippen molar-refractivity contribution in [3.8, 4) is 0 Å². The van der Waals surface area contributed by atoms with E-state index in [0.29, 0.717) is 6.04 Å². The highest BCUT2D eigenvalue weighted by atomic mass is 15.2. The second kappa shape index (κ2) is 4.74. The minimum Gasteiger partial charge on any atom is -0.382 e. The van der Waals surface area contributed by atoms with Crippen LogP contribution in [0.4, 0.5) is 5.69 Å². The maximum absolute atomic E-state index is 4.21. The van der Waals surface area contributed by atoms with E-state index in [9.17, 15) is 0 Å². The number of pyridine rings is 1. The lowest BCUT2D eigenvalue weighted by atomic mass is 9.97. The molecule has 0 saturated carbocycles. The zero-order valence-corrected chi connectivity index (χ0v) is 11.9. The van der Waals surface area contributed by atoms with Crippen LogP contribution in [0.1, 0.15) is 25.7 Å². The number of hydrogen-bond donors (Lipinski definition) is 1. The van der Waals surface area contributed by atoms with Gasteiger partial charge in [0.25, 0.3) is 0 Å². The molecular weight excluding hydrogens is 246 g/mol. The third kappa shape index (κ3) is 1.97. The van der Waals surface area contributed by atoms with Crippen LogP contribution >= 0.6 is 0 Å². The van der Waals surface area contributed by atoms with Gasteiger partial charge in [-0.3, -0.25) is 4.98 Å². The Morgan fingerprint density at radius 3 is 2.75 bits per heavy atom. The largest absolute Gasteiger partial charge is 0.382 e. The van der Waals surface area contributed by atoms with Gasteiger partial charge in [-0.1, -0.05) is 12.1 Å². The summed E-state index contributed by atoms with van der Waals surface area (Å²) in [5, 5.41) is 6.29. The molecule has 2 atom stereocenters. The highest BCUT2D eigenvalue weighted by Gasteiger charge is 2.38. The van der Waals surface area contributed by atoms with Crippen LogP contribution in [0, 0.1) is 0 Å². The smallest absolute Gasteiger partial charge is 0.0423 e. The zero-order valence-electron chi connectivity index (χ0n) is 11.9. The fourth-order valence-electron chi connectivity index (χ4n) is 4.00. The van der Waals surface area contributed by atoms with E-state index in [4.69, 9.17) is 0 Å². The van der Waals surface area contributed by atoms with Crippen molar-refractivity contribution in [2.24, 2.45) is 0 Å². The first-order valence-corrected chi connectivity index (χ1v) is 7.62. The van der Waals surface area contributed by atoms with Crippen LogP contribution in [0.2, 0.25) is 0 Å². The van der Waals surface area contributed by atoms with Gasteiger partial charge in [0.15, 0.2) is 0 Å². The molecule has 2 aliphatic rings. The molecule has 1 N–H and O–H groups in total. The van der Waals surface area contributed by atoms with Gasteiger partial charge in [-0.25, -0.2) is 0 Å². The second-order valence-corrected chi connectivity index (χ2v) is 6.27. The van der Waals surface area contributed by atoms with Gasteiger partial charge in [-0.05, 0) is 44.9 Å². The number of anilines is 1. The lowest BCUT2D eigenvalue weighted by Gasteiger charge is -2.37. The SMILES string of the molecule is CN1C2CCC1CC(Nc1cccc3cnccc13)C2. The van der Waals surface area contributed by atoms with Crippen molar-refractivity contribution in [2.75, 3.05) is 12.4 Å². The van der Waals surface area contributed by atoms with Gasteiger partial charge in [0.1, 0.15) is 0 Å². The van der Waals surface area contributed by atoms with Crippen molar-refractivity contribution in [2.45, 2.75) is 43.8 Å². The zero-order chi connectivity index (χ0) is 13.5. The van der Waals surface area contributed by atoms with Crippen molar-refractivity contribution in [3.63, 3.8) is 0 Å². The van der Waals surface area contributed by atoms with Crippen molar-refractivity contribution in [1.29, 1.82) is 0 Å². The first-order chi connectivity index (χ1) is 9.81. The van der Waals surface area contributed by atoms with Gasteiger partial charge < -0.3 is 10.2 Å². The summed E-state index contributed by atoms with van der Waals surface area (Å²) < 4.78 is 0. The molecule has 2 fully saturated rings. The molecule has 3 nitrogen and oxygen atoms in total. The second-order valence-electron chi connectivity index (χ2n) is 6.27. The van der Waals surface area contributed by atoms with Crippen LogP contribution in [-0.2, 0) is 0 Å². The minimum absolute atomic E-state index is 0.613. The number of fused-ring (bicyclic) bond motifs is 3. The molecule has 2 unspecified atom stereocenters. The molecule has 2 saturated heterocycles. The van der Waals surface area contributed by atoms with Crippen LogP contribution < -0.4 is 5.32 Å². The third-order valence-corrected chi connectivity index (χ3v) is 5.14. The first-order valence-electron chi connectivity index (χ1n) is 7.62. The van der Waals surface area contributed by atoms with Crippen LogP contribution in [0.5, 0.6) is 0 Å². The van der Waals surface area contributed by atoms with E-state index in [1.807, 2.05) is 12.4 Å². The Hall–Kier alpha value is -1.61. The van der Waals surface area contributed by atoms with E-state index in [2.05, 4.69) is 46.5 Å². The van der Waals surface area contributed by atoms with Gasteiger partial charge in [-0.15, -0.1) is 0 Å². The molecule has 0 spiro atoms. The molecule has 20 heavy (non-hydrogen) atoms. The van der Waals surface area contributed by atoms with Gasteiger partial charge in [0.2, 0.25) is 0 Å². The van der Waals surface area contributed by atoms with Crippen molar-refractivity contribution in [1.82, 2.24) is 9.88 Å². The molecule has 2 aromatic rings. The lowest BCUT2D eigenvalue weighted by Crippen LogP contribution is -2.44. The van der Waals surface area contributed by atoms with Gasteiger partial charge in [0, 0.05) is 47.0 Å². The summed E-state index contributed by atoms with van der Waals surface area (Å²) in [5.74, 6) is 0. The molecular formula is C17H21N3. The molecule has 104 valence electrons. The third-order valence-electron chi connectivity index (χ3n) is 5.14. The molecule has 3 heteroatoms. The molecule has 0 amide bonds. The minimum atomic E-state index is 0.613. The summed E-state index contributed by atoms with van der Waals surface area (Å²) in [6.07, 6.45) is 9.12. The summed E-state index contributed by atoms with van der Waals surface area (Å²) in [7, 11) is 2.29. The van der Waals surface area contributed by atoms with Gasteiger partial charge >= 0.3 is 0 Å². The molecule has 1 aromatic heterocycles. The van der Waals surface area contributed by atoms with Crippen LogP contribution in [-0.4, -0.2) is 35.1 Å². The lowest BCUT2D eigenvalue weighted by molar-refractivity contribution is 0.169. The van der Waals surface area contributed by atoms with E-state index >= 15 is 0 Å². The number of aromatic nitrogens is 1. The van der Waals surface area contributed by atoms with E-state index in [1.54, 1.807) is 0 Å². The Labute approximate surface area is 120 Å². The molecule has 2 bridgehead atoms. The van der Waals surface area contributed by atoms with Crippen LogP contribution in [0.25, 0.3) is 10.8 Å². The molecule has 2 aliphatic heterocycles. The number of nitrogens with one attached hydrogen (secondary N) is 1. The Kier molecular flexibility index (Phi) is 2.88. The van der Waals surface area contributed by atoms with E-state index in [1.165, 1.54) is 42.1 Å². The Bertz CT molecular complexity index is 605. The quantitative estimate of drug-likeness (QED) is 0.905. The molecule has 0 radical (unpaired) electrons. The molecule has 3 heterocycles. The highest BCUT2D eigenvalue weighted by Crippen LogP contribution is 2.36. The number of hydrogen-bond acceptors (Lipinski definition) is 3. The van der Waals surface area contributed by atoms with Crippen molar-refractivity contribution >= 4 is 16.5 Å². The summed E-state index contributed by atoms with van der Waals surface area (Å²) in [6, 6.07) is 10.7. The average molecular weight is 267 g/mol. The molecule has 4 rings (SSSR count). The van der Waals surface area contributed by atoms with E-state index < -0.39 is 0 Å². The Morgan fingerprint density at radius 2 is 1.95 bits per heavy atom. The summed E-state index contributed by atoms with van der Waals surface area (Å²) >= 11 is 0. The van der Waals surface area contributed by atoms with E-state index in [0.717, 1.165) is 12.1 Å². The summed E-state index contributed by atoms with van der Waals surface area (Å²) in [4.78, 5) is 6.80. The Morgan fingerprint density at radius 1 is 1.15 bits per heavy atom. The van der Waals surface area contributed by atoms with Crippen LogP contribution in [0.15, 0.2) is 36.7 Å². The summed E-state index contributed by atoms with van der Waals surface area (Å²) in [5.41, 5.74) is 1.26. The number of rotatable bonds is 2. The van der Waals surface area contributed by atoms with E-state index in [-0.39, 0.29) is 0 Å². The fraction of sp³-hybridized carbons (Fsp3) is 0.471. The summed E-state index contributed by atoms with van der Waals surface area (Å²) in [6.45, 7) is 0. The topological polar surface area (TPSA) is 28.2 Å². The normalized spacial score (nSPS) is 29.8. The average Bonchev–Trinajstić information content (AvgIpc) is 2.70. The maximum Gasteiger partial charge on any atom is 0.0423 e. The van der Waals surface area contributed by atoms with Crippen molar-refractivity contribution < 1.29 is 0 Å². The Balaban J connectivity index is 1.59. The van der Waals surface area contributed by atoms with Crippen molar-refractivity contribution in [3.05, 3.63) is 36.7 Å². The predicted octanol–water partition coefficient (Wildman–Crippen LogP) is 3.27. The standard InChI is InChI=1S/C17H21N3/c1-20-14-5-6-15(20)10-13(9-14)19-17-4-2-3-12-11-18-8-7-16(12)17/h2-4,7-8,11,13-15,19H,5-6,9-10H2,1H3. The maximum atomic E-state index is 4.21. The highest BCUT2D eigenvalue weighted by molar-refractivity contribution is 5.93. The van der Waals surface area contributed by atoms with Gasteiger partial charge in [0.05, 0.1) is 0 Å². The monoisotopic (exact) mass is 267 g/mol. The molecule has 1 aromatic carbocycles. The van der Waals surface area contributed by atoms with Crippen LogP contribution in [0.3, 0.4) is 0 Å². The van der Waals surface area contributed by atoms with Gasteiger partial charge in [-0.2, -0.15) is 0 Å². The number of benzene rings is 1. The number of nitrogens with zero attached hydrogens (tertiary/aromatic N) is 2. The first kappa shape index (κ1) is 12.2. The number of piperidine rings is 1. The predicted molar refractivity (Wildman–Crippen MR) is 83.0 cm³/mol. The molecule has 0 aliphatic carbocycles.